The molecule has 0 unspecified atom stereocenters. The van der Waals surface area contributed by atoms with Crippen molar-refractivity contribution in [3.8, 4) is 17.0 Å². The lowest BCUT2D eigenvalue weighted by Crippen LogP contribution is -2.35. The molecule has 5 nitrogen and oxygen atoms in total. The second-order valence-electron chi connectivity index (χ2n) is 10.1. The number of halogens is 2. The van der Waals surface area contributed by atoms with Crippen molar-refractivity contribution < 1.29 is 14.2 Å². The number of rotatable bonds is 8. The average Bonchev–Trinajstić information content (AvgIpc) is 3.33. The van der Waals surface area contributed by atoms with Crippen LogP contribution in [0.15, 0.2) is 60.9 Å². The summed E-state index contributed by atoms with van der Waals surface area (Å²) in [6.45, 7) is 0.732. The lowest BCUT2D eigenvalue weighted by atomic mass is 9.82. The third-order valence-electron chi connectivity index (χ3n) is 7.66. The predicted octanol–water partition coefficient (Wildman–Crippen LogP) is 6.53. The molecule has 2 aromatic carbocycles. The van der Waals surface area contributed by atoms with Crippen LogP contribution in [0.25, 0.3) is 16.9 Å². The van der Waals surface area contributed by atoms with E-state index in [2.05, 4.69) is 30.3 Å². The van der Waals surface area contributed by atoms with Crippen LogP contribution >= 0.6 is 11.6 Å². The van der Waals surface area contributed by atoms with Crippen molar-refractivity contribution in [3.63, 3.8) is 0 Å². The Morgan fingerprint density at radius 1 is 1.08 bits per heavy atom. The number of ether oxygens (including phenoxy) is 1. The average molecular weight is 522 g/mol. The summed E-state index contributed by atoms with van der Waals surface area (Å²) < 4.78 is 20.5. The molecular formula is C30H33ClFN3O2. The Bertz CT molecular complexity index is 1360. The number of methoxy groups -OCH3 is 1. The highest BCUT2D eigenvalue weighted by atomic mass is 35.5. The Balaban J connectivity index is 1.23. The number of hydrogen-bond donors (Lipinski definition) is 1. The monoisotopic (exact) mass is 521 g/mol. The van der Waals surface area contributed by atoms with E-state index in [1.807, 2.05) is 22.7 Å². The minimum absolute atomic E-state index is 0.121. The largest absolute Gasteiger partial charge is 0.495 e. The second-order valence-corrected chi connectivity index (χ2v) is 10.6. The van der Waals surface area contributed by atoms with Crippen molar-refractivity contribution in [1.29, 1.82) is 0 Å². The van der Waals surface area contributed by atoms with Crippen LogP contribution in [0.1, 0.15) is 42.4 Å². The first-order valence-electron chi connectivity index (χ1n) is 12.8. The highest BCUT2D eigenvalue weighted by Crippen LogP contribution is 2.34. The van der Waals surface area contributed by atoms with Crippen LogP contribution in [0, 0.1) is 11.7 Å². The highest BCUT2D eigenvalue weighted by molar-refractivity contribution is 6.32. The Morgan fingerprint density at radius 3 is 2.54 bits per heavy atom. The molecule has 0 saturated heterocycles. The second kappa shape index (κ2) is 11.2. The zero-order valence-electron chi connectivity index (χ0n) is 21.3. The van der Waals surface area contributed by atoms with E-state index in [0.29, 0.717) is 22.7 Å². The topological polar surface area (TPSA) is 50.0 Å². The Labute approximate surface area is 222 Å². The van der Waals surface area contributed by atoms with E-state index in [0.717, 1.165) is 41.0 Å². The van der Waals surface area contributed by atoms with Gasteiger partial charge in [-0.1, -0.05) is 23.7 Å². The summed E-state index contributed by atoms with van der Waals surface area (Å²) in [4.78, 5) is 7.26. The zero-order valence-corrected chi connectivity index (χ0v) is 22.1. The minimum Gasteiger partial charge on any atom is -0.495 e. The summed E-state index contributed by atoms with van der Waals surface area (Å²) in [6, 6.07) is 15.3. The van der Waals surface area contributed by atoms with Crippen LogP contribution in [-0.2, 0) is 19.6 Å². The number of aliphatic hydroxyl groups excluding tert-OH is 1. The van der Waals surface area contributed by atoms with Gasteiger partial charge in [-0.3, -0.25) is 4.90 Å². The summed E-state index contributed by atoms with van der Waals surface area (Å²) in [5, 5.41) is 10.4. The molecule has 1 N–H and O–H groups in total. The molecule has 4 aromatic rings. The molecule has 0 radical (unpaired) electrons. The van der Waals surface area contributed by atoms with Gasteiger partial charge in [0.05, 0.1) is 24.4 Å². The van der Waals surface area contributed by atoms with Gasteiger partial charge in [-0.25, -0.2) is 9.37 Å². The molecule has 0 amide bonds. The van der Waals surface area contributed by atoms with Gasteiger partial charge in [0.25, 0.3) is 0 Å². The molecule has 37 heavy (non-hydrogen) atoms. The molecule has 1 saturated carbocycles. The van der Waals surface area contributed by atoms with E-state index in [-0.39, 0.29) is 12.4 Å². The minimum atomic E-state index is -0.184. The third-order valence-corrected chi connectivity index (χ3v) is 7.95. The van der Waals surface area contributed by atoms with Gasteiger partial charge in [0.2, 0.25) is 0 Å². The molecule has 194 valence electrons. The van der Waals surface area contributed by atoms with E-state index >= 15 is 0 Å². The smallest absolute Gasteiger partial charge is 0.137 e. The van der Waals surface area contributed by atoms with Crippen molar-refractivity contribution in [1.82, 2.24) is 14.3 Å². The predicted molar refractivity (Wildman–Crippen MR) is 145 cm³/mol. The number of pyridine rings is 1. The molecule has 0 atom stereocenters. The first kappa shape index (κ1) is 25.7. The van der Waals surface area contributed by atoms with Crippen molar-refractivity contribution in [2.45, 2.75) is 51.3 Å². The van der Waals surface area contributed by atoms with Gasteiger partial charge >= 0.3 is 0 Å². The molecule has 1 fully saturated rings. The fourth-order valence-corrected chi connectivity index (χ4v) is 5.77. The first-order chi connectivity index (χ1) is 17.9. The maximum absolute atomic E-state index is 13.2. The Morgan fingerprint density at radius 2 is 1.84 bits per heavy atom. The van der Waals surface area contributed by atoms with Crippen LogP contribution in [0.3, 0.4) is 0 Å². The Kier molecular flexibility index (Phi) is 7.79. The van der Waals surface area contributed by atoms with E-state index in [9.17, 15) is 9.50 Å². The maximum Gasteiger partial charge on any atom is 0.137 e. The molecule has 2 heterocycles. The van der Waals surface area contributed by atoms with Gasteiger partial charge in [-0.2, -0.15) is 0 Å². The zero-order chi connectivity index (χ0) is 25.9. The van der Waals surface area contributed by atoms with Gasteiger partial charge in [-0.15, -0.1) is 0 Å². The summed E-state index contributed by atoms with van der Waals surface area (Å²) >= 11 is 6.36. The van der Waals surface area contributed by atoms with E-state index < -0.39 is 0 Å². The van der Waals surface area contributed by atoms with E-state index in [4.69, 9.17) is 21.3 Å². The van der Waals surface area contributed by atoms with Crippen molar-refractivity contribution in [3.05, 3.63) is 88.5 Å². The van der Waals surface area contributed by atoms with Gasteiger partial charge in [-0.05, 0) is 98.2 Å². The van der Waals surface area contributed by atoms with Crippen LogP contribution in [0.5, 0.6) is 5.75 Å². The number of benzene rings is 2. The van der Waals surface area contributed by atoms with Crippen molar-refractivity contribution in [2.75, 3.05) is 14.2 Å². The number of aromatic nitrogens is 2. The molecular weight excluding hydrogens is 489 g/mol. The molecule has 1 aliphatic rings. The number of hydrogen-bond acceptors (Lipinski definition) is 4. The molecule has 0 bridgehead atoms. The first-order valence-corrected chi connectivity index (χ1v) is 13.2. The SMILES string of the molecule is COc1cc(CO)c(-c2cn3ccc(CC4CCC(N(C)Cc5ccc(F)cc5)CC4)cc3n2)cc1Cl. The van der Waals surface area contributed by atoms with Crippen LogP contribution in [-0.4, -0.2) is 39.6 Å². The van der Waals surface area contributed by atoms with Crippen LogP contribution < -0.4 is 4.74 Å². The van der Waals surface area contributed by atoms with Gasteiger partial charge < -0.3 is 14.2 Å². The number of nitrogens with zero attached hydrogens (tertiary/aromatic N) is 3. The van der Waals surface area contributed by atoms with Gasteiger partial charge in [0.1, 0.15) is 17.2 Å². The van der Waals surface area contributed by atoms with Crippen LogP contribution in [0.4, 0.5) is 4.39 Å². The van der Waals surface area contributed by atoms with Crippen LogP contribution in [0.2, 0.25) is 5.02 Å². The fourth-order valence-electron chi connectivity index (χ4n) is 5.53. The molecule has 7 heteroatoms. The summed E-state index contributed by atoms with van der Waals surface area (Å²) in [6.07, 6.45) is 9.84. The molecule has 1 aliphatic carbocycles. The lowest BCUT2D eigenvalue weighted by Gasteiger charge is -2.35. The molecule has 0 spiro atoms. The molecule has 2 aromatic heterocycles. The molecule has 5 rings (SSSR count). The highest BCUT2D eigenvalue weighted by Gasteiger charge is 2.24. The maximum atomic E-state index is 13.2. The van der Waals surface area contributed by atoms with Gasteiger partial charge in [0, 0.05) is 30.5 Å². The Hall–Kier alpha value is -2.93. The normalized spacial score (nSPS) is 18.0. The third kappa shape index (κ3) is 5.82. The molecule has 0 aliphatic heterocycles. The lowest BCUT2D eigenvalue weighted by molar-refractivity contribution is 0.159. The van der Waals surface area contributed by atoms with E-state index in [1.165, 1.54) is 43.4 Å². The van der Waals surface area contributed by atoms with Gasteiger partial charge in [0.15, 0.2) is 0 Å². The van der Waals surface area contributed by atoms with E-state index in [1.54, 1.807) is 19.2 Å². The fraction of sp³-hybridized carbons (Fsp3) is 0.367. The number of imidazole rings is 1. The van der Waals surface area contributed by atoms with Crippen molar-refractivity contribution in [2.24, 2.45) is 5.92 Å². The standard InChI is InChI=1S/C30H33ClFN3O2/c1-34(17-21-3-7-24(32)8-4-21)25-9-5-20(6-10-25)13-22-11-12-35-18-28(33-30(35)14-22)26-16-27(31)29(37-2)15-23(26)19-36/h3-4,7-8,11-12,14-16,18,20,25,36H,5-6,9-10,13,17,19H2,1-2H3. The summed E-state index contributed by atoms with van der Waals surface area (Å²) in [5.74, 6) is 1.02. The number of fused-ring (bicyclic) bond motifs is 1. The van der Waals surface area contributed by atoms with Crippen molar-refractivity contribution >= 4 is 17.2 Å². The summed E-state index contributed by atoms with van der Waals surface area (Å²) in [7, 11) is 3.74. The number of aliphatic hydroxyl groups is 1. The quantitative estimate of drug-likeness (QED) is 0.286. The summed E-state index contributed by atoms with van der Waals surface area (Å²) in [5.41, 5.74) is 5.64.